The molecular weight excluding hydrogens is 284 g/mol. The third-order valence-corrected chi connectivity index (χ3v) is 2.50. The topological polar surface area (TPSA) is 99.3 Å². The fourth-order valence-corrected chi connectivity index (χ4v) is 1.42. The van der Waals surface area contributed by atoms with Crippen LogP contribution >= 0.6 is 0 Å². The van der Waals surface area contributed by atoms with Gasteiger partial charge in [-0.1, -0.05) is 37.3 Å². The molecule has 0 heterocycles. The normalized spacial score (nSPS) is 10.0. The van der Waals surface area contributed by atoms with Gasteiger partial charge in [0.25, 0.3) is 5.91 Å². The van der Waals surface area contributed by atoms with Crippen LogP contribution in [0.1, 0.15) is 18.9 Å². The Hall–Kier alpha value is -2.83. The molecular formula is C15H20N4O3. The number of urea groups is 1. The van der Waals surface area contributed by atoms with E-state index in [9.17, 15) is 14.4 Å². The first-order valence-electron chi connectivity index (χ1n) is 6.95. The molecule has 0 saturated heterocycles. The summed E-state index contributed by atoms with van der Waals surface area (Å²) in [6.45, 7) is 2.20. The van der Waals surface area contributed by atoms with Gasteiger partial charge in [0.2, 0.25) is 5.91 Å². The smallest absolute Gasteiger partial charge is 0.333 e. The zero-order chi connectivity index (χ0) is 16.2. The van der Waals surface area contributed by atoms with Crippen molar-refractivity contribution < 1.29 is 14.4 Å². The summed E-state index contributed by atoms with van der Waals surface area (Å²) in [4.78, 5) is 34.1. The quantitative estimate of drug-likeness (QED) is 0.456. The third-order valence-electron chi connectivity index (χ3n) is 2.50. The lowest BCUT2D eigenvalue weighted by molar-refractivity contribution is -0.124. The molecule has 0 atom stereocenters. The zero-order valence-corrected chi connectivity index (χ0v) is 12.4. The Kier molecular flexibility index (Phi) is 7.81. The summed E-state index contributed by atoms with van der Waals surface area (Å²) >= 11 is 0. The summed E-state index contributed by atoms with van der Waals surface area (Å²) in [5.74, 6) is -0.914. The lowest BCUT2D eigenvalue weighted by Gasteiger charge is -2.08. The highest BCUT2D eigenvalue weighted by molar-refractivity contribution is 5.94. The predicted molar refractivity (Wildman–Crippen MR) is 83.5 cm³/mol. The summed E-state index contributed by atoms with van der Waals surface area (Å²) in [7, 11) is 0. The number of hydrazine groups is 1. The highest BCUT2D eigenvalue weighted by Gasteiger charge is 2.04. The van der Waals surface area contributed by atoms with Gasteiger partial charge in [0, 0.05) is 12.6 Å². The molecule has 7 heteroatoms. The van der Waals surface area contributed by atoms with Crippen LogP contribution in [0, 0.1) is 0 Å². The molecule has 0 radical (unpaired) electrons. The zero-order valence-electron chi connectivity index (χ0n) is 12.4. The number of carbonyl (C=O) groups excluding carboxylic acids is 3. The number of amides is 4. The van der Waals surface area contributed by atoms with E-state index in [0.717, 1.165) is 12.0 Å². The molecule has 0 fully saturated rings. The van der Waals surface area contributed by atoms with Crippen LogP contribution in [0.25, 0.3) is 6.08 Å². The first-order valence-corrected chi connectivity index (χ1v) is 6.95. The van der Waals surface area contributed by atoms with Gasteiger partial charge in [-0.2, -0.15) is 0 Å². The van der Waals surface area contributed by atoms with Crippen molar-refractivity contribution in [2.45, 2.75) is 13.3 Å². The van der Waals surface area contributed by atoms with E-state index in [1.54, 1.807) is 6.08 Å². The Morgan fingerprint density at radius 2 is 1.77 bits per heavy atom. The molecule has 0 saturated carbocycles. The second-order valence-electron chi connectivity index (χ2n) is 4.39. The molecule has 0 aliphatic carbocycles. The molecule has 1 rings (SSSR count). The van der Waals surface area contributed by atoms with Crippen LogP contribution in [0.15, 0.2) is 36.4 Å². The molecule has 0 bridgehead atoms. The number of hydrogen-bond acceptors (Lipinski definition) is 3. The van der Waals surface area contributed by atoms with Crippen molar-refractivity contribution in [2.75, 3.05) is 13.1 Å². The van der Waals surface area contributed by atoms with E-state index in [1.165, 1.54) is 6.08 Å². The predicted octanol–water partition coefficient (Wildman–Crippen LogP) is 0.556. The molecule has 118 valence electrons. The standard InChI is InChI=1S/C15H20N4O3/c1-2-10-16-15(22)19-18-14(21)11-17-13(20)9-8-12-6-4-3-5-7-12/h3-9H,2,10-11H2,1H3,(H,17,20)(H,18,21)(H2,16,19,22)/b9-8+. The number of carbonyl (C=O) groups is 3. The number of nitrogens with one attached hydrogen (secondary N) is 4. The van der Waals surface area contributed by atoms with E-state index in [2.05, 4.69) is 21.5 Å². The Labute approximate surface area is 129 Å². The summed E-state index contributed by atoms with van der Waals surface area (Å²) in [6, 6.07) is 8.82. The highest BCUT2D eigenvalue weighted by atomic mass is 16.2. The Balaban J connectivity index is 2.22. The van der Waals surface area contributed by atoms with Crippen LogP contribution in [0.2, 0.25) is 0 Å². The minimum absolute atomic E-state index is 0.230. The van der Waals surface area contributed by atoms with E-state index in [0.29, 0.717) is 6.54 Å². The Morgan fingerprint density at radius 1 is 1.05 bits per heavy atom. The maximum absolute atomic E-state index is 11.5. The molecule has 0 aliphatic heterocycles. The monoisotopic (exact) mass is 304 g/mol. The Bertz CT molecular complexity index is 529. The molecule has 22 heavy (non-hydrogen) atoms. The number of rotatable bonds is 6. The Morgan fingerprint density at radius 3 is 2.45 bits per heavy atom. The van der Waals surface area contributed by atoms with Crippen LogP contribution in [-0.4, -0.2) is 30.9 Å². The average Bonchev–Trinajstić information content (AvgIpc) is 2.55. The van der Waals surface area contributed by atoms with Crippen molar-refractivity contribution in [1.29, 1.82) is 0 Å². The molecule has 0 unspecified atom stereocenters. The van der Waals surface area contributed by atoms with Crippen molar-refractivity contribution in [3.05, 3.63) is 42.0 Å². The van der Waals surface area contributed by atoms with Crippen molar-refractivity contribution in [2.24, 2.45) is 0 Å². The molecule has 1 aromatic rings. The molecule has 0 aromatic heterocycles. The van der Waals surface area contributed by atoms with Crippen LogP contribution in [-0.2, 0) is 9.59 Å². The van der Waals surface area contributed by atoms with Crippen LogP contribution in [0.4, 0.5) is 4.79 Å². The average molecular weight is 304 g/mol. The molecule has 0 spiro atoms. The van der Waals surface area contributed by atoms with Crippen molar-refractivity contribution in [3.63, 3.8) is 0 Å². The maximum Gasteiger partial charge on any atom is 0.333 e. The van der Waals surface area contributed by atoms with Gasteiger partial charge >= 0.3 is 6.03 Å². The van der Waals surface area contributed by atoms with Gasteiger partial charge in [-0.15, -0.1) is 0 Å². The minimum Gasteiger partial charge on any atom is -0.343 e. The molecule has 7 nitrogen and oxygen atoms in total. The van der Waals surface area contributed by atoms with Gasteiger partial charge in [0.15, 0.2) is 0 Å². The third kappa shape index (κ3) is 7.68. The summed E-state index contributed by atoms with van der Waals surface area (Å²) in [5, 5.41) is 4.94. The summed E-state index contributed by atoms with van der Waals surface area (Å²) in [6.07, 6.45) is 3.78. The summed E-state index contributed by atoms with van der Waals surface area (Å²) < 4.78 is 0. The fraction of sp³-hybridized carbons (Fsp3) is 0.267. The molecule has 4 amide bonds. The lowest BCUT2D eigenvalue weighted by Crippen LogP contribution is -2.49. The lowest BCUT2D eigenvalue weighted by atomic mass is 10.2. The second kappa shape index (κ2) is 9.98. The molecule has 0 aliphatic rings. The number of hydrogen-bond donors (Lipinski definition) is 4. The minimum atomic E-state index is -0.520. The van der Waals surface area contributed by atoms with Crippen LogP contribution < -0.4 is 21.5 Å². The van der Waals surface area contributed by atoms with Crippen molar-refractivity contribution in [3.8, 4) is 0 Å². The van der Waals surface area contributed by atoms with E-state index in [-0.39, 0.29) is 6.54 Å². The van der Waals surface area contributed by atoms with Gasteiger partial charge < -0.3 is 10.6 Å². The van der Waals surface area contributed by atoms with Crippen LogP contribution in [0.5, 0.6) is 0 Å². The van der Waals surface area contributed by atoms with Crippen molar-refractivity contribution >= 4 is 23.9 Å². The molecule has 4 N–H and O–H groups in total. The van der Waals surface area contributed by atoms with E-state index < -0.39 is 17.8 Å². The maximum atomic E-state index is 11.5. The SMILES string of the molecule is CCCNC(=O)NNC(=O)CNC(=O)/C=C/c1ccccc1. The number of benzene rings is 1. The first kappa shape index (κ1) is 17.2. The van der Waals surface area contributed by atoms with Crippen LogP contribution in [0.3, 0.4) is 0 Å². The highest BCUT2D eigenvalue weighted by Crippen LogP contribution is 2.00. The first-order chi connectivity index (χ1) is 10.6. The van der Waals surface area contributed by atoms with E-state index >= 15 is 0 Å². The van der Waals surface area contributed by atoms with Gasteiger partial charge in [0.05, 0.1) is 6.54 Å². The fourth-order valence-electron chi connectivity index (χ4n) is 1.42. The largest absolute Gasteiger partial charge is 0.343 e. The molecule has 1 aromatic carbocycles. The van der Waals surface area contributed by atoms with Gasteiger partial charge in [-0.05, 0) is 18.1 Å². The van der Waals surface area contributed by atoms with Gasteiger partial charge in [0.1, 0.15) is 0 Å². The van der Waals surface area contributed by atoms with Crippen molar-refractivity contribution in [1.82, 2.24) is 21.5 Å². The van der Waals surface area contributed by atoms with E-state index in [4.69, 9.17) is 0 Å². The van der Waals surface area contributed by atoms with Gasteiger partial charge in [-0.3, -0.25) is 15.0 Å². The summed E-state index contributed by atoms with van der Waals surface area (Å²) in [5.41, 5.74) is 5.25. The van der Waals surface area contributed by atoms with E-state index in [1.807, 2.05) is 37.3 Å². The van der Waals surface area contributed by atoms with Gasteiger partial charge in [-0.25, -0.2) is 10.2 Å². The second-order valence-corrected chi connectivity index (χ2v) is 4.39.